The Balaban J connectivity index is 1.89. The Kier molecular flexibility index (Phi) is 7.92. The highest BCUT2D eigenvalue weighted by Crippen LogP contribution is 2.58. The van der Waals surface area contributed by atoms with Crippen LogP contribution < -0.4 is 0 Å². The summed E-state index contributed by atoms with van der Waals surface area (Å²) in [5, 5.41) is 10.5. The third-order valence-electron chi connectivity index (χ3n) is 9.19. The fraction of sp³-hybridized carbons (Fsp3) is 0.759. The Labute approximate surface area is 221 Å². The first-order valence-electron chi connectivity index (χ1n) is 14.2. The van der Waals surface area contributed by atoms with Gasteiger partial charge in [0.1, 0.15) is 11.6 Å². The molecule has 1 spiro atoms. The molecule has 206 valence electrons. The molecule has 3 amide bonds. The molecule has 0 saturated carbocycles. The standard InChI is InChI=1S/C29H45N3O5/c1-7-12-20(5)31-17-11-14-29-23(22-25(34)30(15-8-2)16-10-13-28(22,6)37-29)26(35)32(24(29)27(31)36)21(18-33)19(4)9-3/h10-11,13-14,19-24,33H,7-9,12,15-18H2,1-6H3/t19-,20?,21-,22-,23-,24?,28+,29-/m0/s1. The minimum absolute atomic E-state index is 0.00600. The zero-order valence-electron chi connectivity index (χ0n) is 23.4. The highest BCUT2D eigenvalue weighted by Gasteiger charge is 2.75. The van der Waals surface area contributed by atoms with Crippen molar-refractivity contribution >= 4 is 17.7 Å². The molecule has 4 aliphatic rings. The van der Waals surface area contributed by atoms with Gasteiger partial charge in [-0.3, -0.25) is 14.4 Å². The number of carbonyl (C=O) groups is 3. The molecule has 4 rings (SSSR count). The van der Waals surface area contributed by atoms with E-state index in [1.165, 1.54) is 0 Å². The Hall–Kier alpha value is -2.19. The molecule has 0 aliphatic carbocycles. The van der Waals surface area contributed by atoms with Crippen molar-refractivity contribution in [2.45, 2.75) is 96.6 Å². The van der Waals surface area contributed by atoms with Gasteiger partial charge >= 0.3 is 0 Å². The van der Waals surface area contributed by atoms with Gasteiger partial charge in [0.25, 0.3) is 0 Å². The molecule has 0 bridgehead atoms. The van der Waals surface area contributed by atoms with Crippen LogP contribution in [0.15, 0.2) is 24.3 Å². The second kappa shape index (κ2) is 10.5. The third kappa shape index (κ3) is 4.24. The van der Waals surface area contributed by atoms with E-state index < -0.39 is 35.1 Å². The fourth-order valence-electron chi connectivity index (χ4n) is 7.14. The van der Waals surface area contributed by atoms with E-state index in [-0.39, 0.29) is 36.3 Å². The van der Waals surface area contributed by atoms with Crippen LogP contribution in [0.3, 0.4) is 0 Å². The summed E-state index contributed by atoms with van der Waals surface area (Å²) in [6, 6.07) is -1.48. The molecule has 2 unspecified atom stereocenters. The minimum atomic E-state index is -1.27. The van der Waals surface area contributed by atoms with Crippen LogP contribution in [0.25, 0.3) is 0 Å². The fourth-order valence-corrected chi connectivity index (χ4v) is 7.14. The molecule has 4 aliphatic heterocycles. The van der Waals surface area contributed by atoms with Gasteiger partial charge in [0.05, 0.1) is 30.1 Å². The number of carbonyl (C=O) groups excluding carboxylic acids is 3. The lowest BCUT2D eigenvalue weighted by Crippen LogP contribution is -2.60. The third-order valence-corrected chi connectivity index (χ3v) is 9.19. The van der Waals surface area contributed by atoms with Crippen molar-refractivity contribution < 1.29 is 24.2 Å². The highest BCUT2D eigenvalue weighted by molar-refractivity contribution is 6.00. The predicted molar refractivity (Wildman–Crippen MR) is 141 cm³/mol. The second-order valence-electron chi connectivity index (χ2n) is 11.6. The maximum atomic E-state index is 14.5. The van der Waals surface area contributed by atoms with Crippen LogP contribution in [-0.2, 0) is 19.1 Å². The molecule has 0 aromatic carbocycles. The first-order valence-corrected chi connectivity index (χ1v) is 14.2. The lowest BCUT2D eigenvalue weighted by Gasteiger charge is -2.42. The van der Waals surface area contributed by atoms with Crippen LogP contribution >= 0.6 is 0 Å². The number of likely N-dealkylation sites (tertiary alicyclic amines) is 1. The summed E-state index contributed by atoms with van der Waals surface area (Å²) in [6.45, 7) is 13.3. The molecule has 4 heterocycles. The number of ether oxygens (including phenoxy) is 1. The van der Waals surface area contributed by atoms with Crippen LogP contribution in [0.4, 0.5) is 0 Å². The molecule has 0 aromatic heterocycles. The first kappa shape index (κ1) is 27.8. The van der Waals surface area contributed by atoms with E-state index in [0.717, 1.165) is 25.7 Å². The van der Waals surface area contributed by atoms with Gasteiger partial charge in [-0.25, -0.2) is 0 Å². The van der Waals surface area contributed by atoms with E-state index >= 15 is 0 Å². The lowest BCUT2D eigenvalue weighted by molar-refractivity contribution is -0.158. The average Bonchev–Trinajstić information content (AvgIpc) is 3.13. The number of aliphatic hydroxyl groups is 1. The summed E-state index contributed by atoms with van der Waals surface area (Å²) in [4.78, 5) is 48.2. The van der Waals surface area contributed by atoms with Crippen LogP contribution in [0.5, 0.6) is 0 Å². The monoisotopic (exact) mass is 515 g/mol. The molecule has 1 N–H and O–H groups in total. The maximum absolute atomic E-state index is 14.5. The summed E-state index contributed by atoms with van der Waals surface area (Å²) in [7, 11) is 0. The highest BCUT2D eigenvalue weighted by atomic mass is 16.5. The minimum Gasteiger partial charge on any atom is -0.394 e. The molecule has 2 saturated heterocycles. The van der Waals surface area contributed by atoms with Crippen molar-refractivity contribution in [1.29, 1.82) is 0 Å². The van der Waals surface area contributed by atoms with Crippen LogP contribution in [0.2, 0.25) is 0 Å². The smallest absolute Gasteiger partial charge is 0.249 e. The number of fused-ring (bicyclic) bond motifs is 2. The Morgan fingerprint density at radius 2 is 1.70 bits per heavy atom. The number of rotatable bonds is 9. The van der Waals surface area contributed by atoms with E-state index in [2.05, 4.69) is 6.92 Å². The molecule has 0 aromatic rings. The van der Waals surface area contributed by atoms with Crippen molar-refractivity contribution in [3.63, 3.8) is 0 Å². The van der Waals surface area contributed by atoms with Crippen molar-refractivity contribution in [3.05, 3.63) is 24.3 Å². The van der Waals surface area contributed by atoms with E-state index in [1.807, 2.05) is 63.8 Å². The van der Waals surface area contributed by atoms with Crippen LogP contribution in [0, 0.1) is 17.8 Å². The van der Waals surface area contributed by atoms with Crippen LogP contribution in [0.1, 0.15) is 67.2 Å². The number of aliphatic hydroxyl groups excluding tert-OH is 1. The normalized spacial score (nSPS) is 35.7. The molecular formula is C29H45N3O5. The molecule has 37 heavy (non-hydrogen) atoms. The van der Waals surface area contributed by atoms with Gasteiger partial charge < -0.3 is 24.5 Å². The average molecular weight is 516 g/mol. The molecule has 8 heteroatoms. The van der Waals surface area contributed by atoms with Crippen molar-refractivity contribution in [2.24, 2.45) is 17.8 Å². The van der Waals surface area contributed by atoms with Gasteiger partial charge in [-0.1, -0.05) is 64.8 Å². The van der Waals surface area contributed by atoms with E-state index in [0.29, 0.717) is 19.6 Å². The number of nitrogens with zero attached hydrogens (tertiary/aromatic N) is 3. The zero-order chi connectivity index (χ0) is 27.1. The van der Waals surface area contributed by atoms with Gasteiger partial charge in [-0.15, -0.1) is 0 Å². The summed E-state index contributed by atoms with van der Waals surface area (Å²) >= 11 is 0. The van der Waals surface area contributed by atoms with Crippen molar-refractivity contribution in [3.8, 4) is 0 Å². The Morgan fingerprint density at radius 3 is 2.32 bits per heavy atom. The number of amides is 3. The van der Waals surface area contributed by atoms with Gasteiger partial charge in [-0.2, -0.15) is 0 Å². The molecule has 8 atom stereocenters. The Morgan fingerprint density at radius 1 is 1.00 bits per heavy atom. The summed E-state index contributed by atoms with van der Waals surface area (Å²) in [5.74, 6) is -2.13. The van der Waals surface area contributed by atoms with Gasteiger partial charge in [0.2, 0.25) is 17.7 Å². The molecule has 8 nitrogen and oxygen atoms in total. The van der Waals surface area contributed by atoms with Crippen molar-refractivity contribution in [2.75, 3.05) is 26.2 Å². The van der Waals surface area contributed by atoms with Gasteiger partial charge in [0, 0.05) is 25.7 Å². The lowest BCUT2D eigenvalue weighted by atomic mass is 9.74. The van der Waals surface area contributed by atoms with E-state index in [4.69, 9.17) is 4.74 Å². The number of hydrogen-bond donors (Lipinski definition) is 1. The van der Waals surface area contributed by atoms with Gasteiger partial charge in [-0.05, 0) is 32.6 Å². The topological polar surface area (TPSA) is 90.4 Å². The molecular weight excluding hydrogens is 470 g/mol. The first-order chi connectivity index (χ1) is 17.6. The summed E-state index contributed by atoms with van der Waals surface area (Å²) in [5.41, 5.74) is -2.28. The predicted octanol–water partition coefficient (Wildman–Crippen LogP) is 2.76. The SMILES string of the molecule is CCCC(C)N1CC=C[C@]23O[C@]4(C)C=CCN(CCC)C(=O)[C@@H]4[C@H]2C(=O)N([C@@H](CO)[C@@H](C)CC)C3C1=O. The van der Waals surface area contributed by atoms with E-state index in [1.54, 1.807) is 9.80 Å². The van der Waals surface area contributed by atoms with E-state index in [9.17, 15) is 19.5 Å². The second-order valence-corrected chi connectivity index (χ2v) is 11.6. The quantitative estimate of drug-likeness (QED) is 0.477. The van der Waals surface area contributed by atoms with Crippen molar-refractivity contribution in [1.82, 2.24) is 14.7 Å². The molecule has 0 radical (unpaired) electrons. The maximum Gasteiger partial charge on any atom is 0.249 e. The summed E-state index contributed by atoms with van der Waals surface area (Å²) < 4.78 is 6.88. The molecule has 2 fully saturated rings. The number of hydrogen-bond acceptors (Lipinski definition) is 5. The van der Waals surface area contributed by atoms with Crippen LogP contribution in [-0.4, -0.2) is 93.1 Å². The zero-order valence-corrected chi connectivity index (χ0v) is 23.4. The summed E-state index contributed by atoms with van der Waals surface area (Å²) in [6.07, 6.45) is 11.1. The van der Waals surface area contributed by atoms with Gasteiger partial charge in [0.15, 0.2) is 0 Å². The largest absolute Gasteiger partial charge is 0.394 e. The Bertz CT molecular complexity index is 965.